The molecule has 5 nitrogen and oxygen atoms in total. The van der Waals surface area contributed by atoms with Gasteiger partial charge in [0.2, 0.25) is 11.8 Å². The van der Waals surface area contributed by atoms with Gasteiger partial charge in [-0.2, -0.15) is 0 Å². The third kappa shape index (κ3) is 4.55. The number of nitrogens with zero attached hydrogens (tertiary/aromatic N) is 1. The topological polar surface area (TPSA) is 58.6 Å². The molecule has 0 heterocycles. The van der Waals surface area contributed by atoms with Gasteiger partial charge in [-0.15, -0.1) is 0 Å². The number of carbonyl (C=O) groups excluding carboxylic acids is 2. The van der Waals surface area contributed by atoms with E-state index in [1.807, 2.05) is 32.9 Å². The fraction of sp³-hybridized carbons (Fsp3) is 0.300. The Morgan fingerprint density at radius 2 is 1.73 bits per heavy atom. The van der Waals surface area contributed by atoms with Crippen molar-refractivity contribution in [1.82, 2.24) is 0 Å². The van der Waals surface area contributed by atoms with Crippen LogP contribution in [0.25, 0.3) is 0 Å². The third-order valence-corrected chi connectivity index (χ3v) is 4.32. The molecule has 0 fully saturated rings. The lowest BCUT2D eigenvalue weighted by Gasteiger charge is -2.25. The number of amides is 2. The van der Waals surface area contributed by atoms with Crippen LogP contribution in [0.4, 0.5) is 11.4 Å². The van der Waals surface area contributed by atoms with Crippen molar-refractivity contribution in [3.8, 4) is 5.75 Å². The molecule has 0 atom stereocenters. The van der Waals surface area contributed by atoms with E-state index in [1.165, 1.54) is 18.9 Å². The summed E-state index contributed by atoms with van der Waals surface area (Å²) >= 11 is 6.08. The van der Waals surface area contributed by atoms with Gasteiger partial charge in [0.05, 0.1) is 17.8 Å². The maximum atomic E-state index is 12.5. The van der Waals surface area contributed by atoms with Crippen LogP contribution in [0.3, 0.4) is 0 Å². The van der Waals surface area contributed by atoms with Crippen LogP contribution in [0.1, 0.15) is 23.6 Å². The van der Waals surface area contributed by atoms with Crippen molar-refractivity contribution >= 4 is 34.8 Å². The number of anilines is 2. The predicted octanol–water partition coefficient (Wildman–Crippen LogP) is 4.27. The minimum absolute atomic E-state index is 0.0796. The summed E-state index contributed by atoms with van der Waals surface area (Å²) in [6.45, 7) is 7.25. The molecule has 0 radical (unpaired) electrons. The molecule has 2 amide bonds. The molecule has 0 aromatic heterocycles. The molecule has 26 heavy (non-hydrogen) atoms. The monoisotopic (exact) mass is 374 g/mol. The maximum absolute atomic E-state index is 12.5. The van der Waals surface area contributed by atoms with Gasteiger partial charge in [-0.1, -0.05) is 29.3 Å². The van der Waals surface area contributed by atoms with Crippen LogP contribution in [-0.4, -0.2) is 25.5 Å². The molecule has 0 saturated heterocycles. The largest absolute Gasteiger partial charge is 0.495 e. The van der Waals surface area contributed by atoms with Crippen LogP contribution in [0.15, 0.2) is 30.3 Å². The molecular weight excluding hydrogens is 352 g/mol. The second-order valence-corrected chi connectivity index (χ2v) is 6.66. The normalized spacial score (nSPS) is 10.4. The van der Waals surface area contributed by atoms with Crippen LogP contribution in [0.2, 0.25) is 5.02 Å². The number of benzene rings is 2. The quantitative estimate of drug-likeness (QED) is 0.850. The molecule has 0 unspecified atom stereocenters. The summed E-state index contributed by atoms with van der Waals surface area (Å²) in [6.07, 6.45) is 0. The number of rotatable bonds is 5. The first-order chi connectivity index (χ1) is 12.2. The van der Waals surface area contributed by atoms with Crippen LogP contribution >= 0.6 is 11.6 Å². The summed E-state index contributed by atoms with van der Waals surface area (Å²) in [4.78, 5) is 26.1. The van der Waals surface area contributed by atoms with Crippen molar-refractivity contribution in [2.24, 2.45) is 0 Å². The molecule has 0 bridgehead atoms. The van der Waals surface area contributed by atoms with Crippen LogP contribution in [0, 0.1) is 20.8 Å². The van der Waals surface area contributed by atoms with E-state index in [0.717, 1.165) is 22.4 Å². The number of ether oxygens (including phenoxy) is 1. The summed E-state index contributed by atoms with van der Waals surface area (Å²) in [5.74, 6) is 0.0321. The van der Waals surface area contributed by atoms with Crippen LogP contribution in [-0.2, 0) is 9.59 Å². The van der Waals surface area contributed by atoms with Crippen molar-refractivity contribution < 1.29 is 14.3 Å². The molecule has 6 heteroatoms. The number of hydrogen-bond donors (Lipinski definition) is 1. The molecule has 2 rings (SSSR count). The highest BCUT2D eigenvalue weighted by Crippen LogP contribution is 2.28. The van der Waals surface area contributed by atoms with Crippen molar-refractivity contribution in [2.45, 2.75) is 27.7 Å². The smallest absolute Gasteiger partial charge is 0.244 e. The van der Waals surface area contributed by atoms with Crippen LogP contribution in [0.5, 0.6) is 5.75 Å². The number of halogens is 1. The van der Waals surface area contributed by atoms with E-state index in [4.69, 9.17) is 16.3 Å². The number of hydrogen-bond acceptors (Lipinski definition) is 3. The summed E-state index contributed by atoms with van der Waals surface area (Å²) in [5, 5.41) is 3.17. The Morgan fingerprint density at radius 3 is 2.23 bits per heavy atom. The average Bonchev–Trinajstić information content (AvgIpc) is 2.53. The van der Waals surface area contributed by atoms with Crippen molar-refractivity contribution in [3.63, 3.8) is 0 Å². The maximum Gasteiger partial charge on any atom is 0.244 e. The minimum atomic E-state index is -0.305. The van der Waals surface area contributed by atoms with Crippen molar-refractivity contribution in [2.75, 3.05) is 23.9 Å². The Bertz CT molecular complexity index is 826. The zero-order valence-electron chi connectivity index (χ0n) is 15.6. The van der Waals surface area contributed by atoms with Crippen molar-refractivity contribution in [3.05, 3.63) is 52.0 Å². The fourth-order valence-electron chi connectivity index (χ4n) is 3.03. The molecule has 138 valence electrons. The first kappa shape index (κ1) is 19.8. The number of carbonyl (C=O) groups is 2. The standard InChI is InChI=1S/C20H23ClN2O3/c1-12-8-13(2)20(14(3)9-12)23(15(4)24)11-19(25)22-16-6-7-18(26-5)17(21)10-16/h6-10H,11H2,1-5H3,(H,22,25). The predicted molar refractivity (Wildman–Crippen MR) is 105 cm³/mol. The van der Waals surface area contributed by atoms with E-state index in [9.17, 15) is 9.59 Å². The highest BCUT2D eigenvalue weighted by Gasteiger charge is 2.20. The lowest BCUT2D eigenvalue weighted by Crippen LogP contribution is -2.37. The summed E-state index contributed by atoms with van der Waals surface area (Å²) in [5.41, 5.74) is 4.34. The molecule has 0 spiro atoms. The summed E-state index contributed by atoms with van der Waals surface area (Å²) < 4.78 is 5.10. The van der Waals surface area contributed by atoms with Gasteiger partial charge in [-0.3, -0.25) is 9.59 Å². The molecule has 1 N–H and O–H groups in total. The zero-order chi connectivity index (χ0) is 19.4. The molecule has 0 aliphatic heterocycles. The Balaban J connectivity index is 2.22. The van der Waals surface area contributed by atoms with Gasteiger partial charge < -0.3 is 15.0 Å². The molecule has 0 aliphatic carbocycles. The number of methoxy groups -OCH3 is 1. The second-order valence-electron chi connectivity index (χ2n) is 6.25. The van der Waals surface area contributed by atoms with E-state index in [1.54, 1.807) is 18.2 Å². The van der Waals surface area contributed by atoms with Crippen LogP contribution < -0.4 is 15.0 Å². The molecule has 2 aromatic carbocycles. The first-order valence-corrected chi connectivity index (χ1v) is 8.60. The van der Waals surface area contributed by atoms with Gasteiger partial charge in [0.1, 0.15) is 12.3 Å². The molecule has 0 saturated carbocycles. The minimum Gasteiger partial charge on any atom is -0.495 e. The number of nitrogens with one attached hydrogen (secondary N) is 1. The lowest BCUT2D eigenvalue weighted by molar-refractivity contribution is -0.120. The lowest BCUT2D eigenvalue weighted by atomic mass is 10.0. The first-order valence-electron chi connectivity index (χ1n) is 8.22. The average molecular weight is 375 g/mol. The van der Waals surface area contributed by atoms with E-state index < -0.39 is 0 Å². The van der Waals surface area contributed by atoms with Gasteiger partial charge in [0, 0.05) is 12.6 Å². The highest BCUT2D eigenvalue weighted by atomic mass is 35.5. The van der Waals surface area contributed by atoms with E-state index in [0.29, 0.717) is 16.5 Å². The molecule has 2 aromatic rings. The second kappa shape index (κ2) is 8.23. The third-order valence-electron chi connectivity index (χ3n) is 4.02. The Morgan fingerprint density at radius 1 is 1.12 bits per heavy atom. The zero-order valence-corrected chi connectivity index (χ0v) is 16.4. The van der Waals surface area contributed by atoms with Crippen molar-refractivity contribution in [1.29, 1.82) is 0 Å². The van der Waals surface area contributed by atoms with E-state index >= 15 is 0 Å². The number of aryl methyl sites for hydroxylation is 3. The molecular formula is C20H23ClN2O3. The van der Waals surface area contributed by atoms with E-state index in [2.05, 4.69) is 5.32 Å². The molecule has 0 aliphatic rings. The Kier molecular flexibility index (Phi) is 6.27. The van der Waals surface area contributed by atoms with E-state index in [-0.39, 0.29) is 18.4 Å². The summed E-state index contributed by atoms with van der Waals surface area (Å²) in [7, 11) is 1.52. The summed E-state index contributed by atoms with van der Waals surface area (Å²) in [6, 6.07) is 8.98. The SMILES string of the molecule is COc1ccc(NC(=O)CN(C(C)=O)c2c(C)cc(C)cc2C)cc1Cl. The van der Waals surface area contributed by atoms with Gasteiger partial charge >= 0.3 is 0 Å². The Hall–Kier alpha value is -2.53. The van der Waals surface area contributed by atoms with Gasteiger partial charge in [0.25, 0.3) is 0 Å². The Labute approximate surface area is 158 Å². The van der Waals surface area contributed by atoms with Gasteiger partial charge in [0.15, 0.2) is 0 Å². The van der Waals surface area contributed by atoms with Gasteiger partial charge in [-0.25, -0.2) is 0 Å². The highest BCUT2D eigenvalue weighted by molar-refractivity contribution is 6.32. The fourth-order valence-corrected chi connectivity index (χ4v) is 3.29. The van der Waals surface area contributed by atoms with Gasteiger partial charge in [-0.05, 0) is 50.1 Å².